The third-order valence-corrected chi connectivity index (χ3v) is 8.14. The molecule has 0 atom stereocenters. The van der Waals surface area contributed by atoms with Gasteiger partial charge in [-0.15, -0.1) is 11.3 Å². The Morgan fingerprint density at radius 2 is 1.61 bits per heavy atom. The smallest absolute Gasteiger partial charge is 0.341 e. The number of thiophene rings is 1. The van der Waals surface area contributed by atoms with Gasteiger partial charge in [0.2, 0.25) is 0 Å². The second-order valence-corrected chi connectivity index (χ2v) is 10.8. The van der Waals surface area contributed by atoms with E-state index in [-0.39, 0.29) is 40.9 Å². The van der Waals surface area contributed by atoms with Crippen LogP contribution in [0.15, 0.2) is 54.6 Å². The maximum atomic E-state index is 12.9. The monoisotopic (exact) mass is 483 g/mol. The number of hydrogen-bond donors (Lipinski definition) is 1. The van der Waals surface area contributed by atoms with Crippen LogP contribution >= 0.6 is 11.3 Å². The number of benzene rings is 2. The number of esters is 1. The third-order valence-electron chi connectivity index (χ3n) is 5.26. The number of ether oxygens (including phenoxy) is 1. The van der Waals surface area contributed by atoms with Crippen LogP contribution in [0.5, 0.6) is 0 Å². The molecule has 3 aromatic rings. The molecule has 170 valence electrons. The molecule has 33 heavy (non-hydrogen) atoms. The molecule has 0 bridgehead atoms. The minimum absolute atomic E-state index is 0.0482. The number of sulfone groups is 1. The normalized spacial score (nSPS) is 14.2. The summed E-state index contributed by atoms with van der Waals surface area (Å²) in [6, 6.07) is 15.0. The Morgan fingerprint density at radius 3 is 2.27 bits per heavy atom. The van der Waals surface area contributed by atoms with Gasteiger partial charge in [-0.3, -0.25) is 9.59 Å². The van der Waals surface area contributed by atoms with E-state index < -0.39 is 21.7 Å². The molecular formula is C24H21NO6S2. The summed E-state index contributed by atoms with van der Waals surface area (Å²) in [4.78, 5) is 38.6. The lowest BCUT2D eigenvalue weighted by molar-refractivity contribution is 0.0526. The van der Waals surface area contributed by atoms with Crippen LogP contribution in [0.25, 0.3) is 0 Å². The van der Waals surface area contributed by atoms with Gasteiger partial charge in [0.1, 0.15) is 5.00 Å². The van der Waals surface area contributed by atoms with Crippen molar-refractivity contribution in [3.63, 3.8) is 0 Å². The van der Waals surface area contributed by atoms with Crippen LogP contribution in [0.1, 0.15) is 54.0 Å². The Bertz CT molecular complexity index is 1330. The summed E-state index contributed by atoms with van der Waals surface area (Å²) in [7, 11) is -3.24. The summed E-state index contributed by atoms with van der Waals surface area (Å²) in [5, 5.41) is 3.00. The second kappa shape index (κ2) is 9.29. The minimum Gasteiger partial charge on any atom is -0.462 e. The topological polar surface area (TPSA) is 107 Å². The van der Waals surface area contributed by atoms with E-state index in [4.69, 9.17) is 4.74 Å². The number of anilines is 1. The Kier molecular flexibility index (Phi) is 6.44. The standard InChI is InChI=1S/C24H21NO6S2/c1-2-31-24(28)20-18-12-13-33(29,30)14-19(18)32-23(20)25-22(27)17-10-8-16(9-11-17)21(26)15-6-4-3-5-7-15/h3-11H,2,12-14H2,1H3,(H,25,27). The molecule has 0 aliphatic carbocycles. The van der Waals surface area contributed by atoms with E-state index >= 15 is 0 Å². The predicted octanol–water partition coefficient (Wildman–Crippen LogP) is 3.88. The first-order valence-corrected chi connectivity index (χ1v) is 13.0. The van der Waals surface area contributed by atoms with Crippen molar-refractivity contribution in [1.82, 2.24) is 0 Å². The van der Waals surface area contributed by atoms with Crippen LogP contribution in [-0.4, -0.2) is 38.4 Å². The summed E-state index contributed by atoms with van der Waals surface area (Å²) in [5.74, 6) is -1.42. The molecule has 2 aromatic carbocycles. The van der Waals surface area contributed by atoms with Gasteiger partial charge in [-0.05, 0) is 31.0 Å². The van der Waals surface area contributed by atoms with Crippen LogP contribution in [0.2, 0.25) is 0 Å². The zero-order valence-corrected chi connectivity index (χ0v) is 19.4. The van der Waals surface area contributed by atoms with Gasteiger partial charge in [0.05, 0.1) is 23.7 Å². The summed E-state index contributed by atoms with van der Waals surface area (Å²) in [6.45, 7) is 1.84. The highest BCUT2D eigenvalue weighted by molar-refractivity contribution is 7.90. The van der Waals surface area contributed by atoms with Crippen molar-refractivity contribution < 1.29 is 27.5 Å². The first-order valence-electron chi connectivity index (χ1n) is 10.3. The molecule has 0 unspecified atom stereocenters. The Morgan fingerprint density at radius 1 is 0.970 bits per heavy atom. The maximum absolute atomic E-state index is 12.9. The highest BCUT2D eigenvalue weighted by Crippen LogP contribution is 2.38. The number of hydrogen-bond acceptors (Lipinski definition) is 7. The zero-order valence-electron chi connectivity index (χ0n) is 17.8. The van der Waals surface area contributed by atoms with E-state index in [9.17, 15) is 22.8 Å². The molecule has 1 amide bonds. The summed E-state index contributed by atoms with van der Waals surface area (Å²) < 4.78 is 29.2. The van der Waals surface area contributed by atoms with Gasteiger partial charge in [0.25, 0.3) is 5.91 Å². The lowest BCUT2D eigenvalue weighted by Crippen LogP contribution is -2.20. The largest absolute Gasteiger partial charge is 0.462 e. The molecule has 0 fully saturated rings. The average Bonchev–Trinajstić information content (AvgIpc) is 3.15. The van der Waals surface area contributed by atoms with E-state index in [2.05, 4.69) is 5.32 Å². The fourth-order valence-corrected chi connectivity index (χ4v) is 6.67. The van der Waals surface area contributed by atoms with E-state index in [0.29, 0.717) is 27.1 Å². The molecule has 0 spiro atoms. The maximum Gasteiger partial charge on any atom is 0.341 e. The van der Waals surface area contributed by atoms with Gasteiger partial charge in [-0.1, -0.05) is 42.5 Å². The quantitative estimate of drug-likeness (QED) is 0.421. The Balaban J connectivity index is 1.59. The molecule has 0 radical (unpaired) electrons. The molecule has 0 saturated heterocycles. The van der Waals surface area contributed by atoms with Crippen LogP contribution < -0.4 is 5.32 Å². The van der Waals surface area contributed by atoms with Gasteiger partial charge < -0.3 is 10.1 Å². The van der Waals surface area contributed by atoms with E-state index in [1.54, 1.807) is 43.3 Å². The molecular weight excluding hydrogens is 462 g/mol. The molecule has 7 nitrogen and oxygen atoms in total. The zero-order chi connectivity index (χ0) is 23.6. The van der Waals surface area contributed by atoms with Crippen molar-refractivity contribution in [2.75, 3.05) is 17.7 Å². The number of fused-ring (bicyclic) bond motifs is 1. The molecule has 1 aliphatic heterocycles. The van der Waals surface area contributed by atoms with E-state index in [1.807, 2.05) is 6.07 Å². The second-order valence-electron chi connectivity index (χ2n) is 7.50. The van der Waals surface area contributed by atoms with Crippen molar-refractivity contribution in [1.29, 1.82) is 0 Å². The first kappa shape index (κ1) is 22.9. The SMILES string of the molecule is CCOC(=O)c1c(NC(=O)c2ccc(C(=O)c3ccccc3)cc2)sc2c1CCS(=O)(=O)C2. The van der Waals surface area contributed by atoms with E-state index in [1.165, 1.54) is 12.1 Å². The van der Waals surface area contributed by atoms with Gasteiger partial charge >= 0.3 is 5.97 Å². The van der Waals surface area contributed by atoms with Crippen LogP contribution in [0.4, 0.5) is 5.00 Å². The van der Waals surface area contributed by atoms with Crippen LogP contribution in [0.3, 0.4) is 0 Å². The van der Waals surface area contributed by atoms with Crippen LogP contribution in [0, 0.1) is 0 Å². The molecule has 9 heteroatoms. The molecule has 2 heterocycles. The van der Waals surface area contributed by atoms with Crippen molar-refractivity contribution in [3.8, 4) is 0 Å². The predicted molar refractivity (Wildman–Crippen MR) is 126 cm³/mol. The first-order chi connectivity index (χ1) is 15.8. The average molecular weight is 484 g/mol. The molecule has 4 rings (SSSR count). The number of carbonyl (C=O) groups excluding carboxylic acids is 3. The van der Waals surface area contributed by atoms with Crippen molar-refractivity contribution in [3.05, 3.63) is 87.3 Å². The lowest BCUT2D eigenvalue weighted by Gasteiger charge is -2.13. The number of carbonyl (C=O) groups is 3. The van der Waals surface area contributed by atoms with Gasteiger partial charge in [0, 0.05) is 21.6 Å². The fourth-order valence-electron chi connectivity index (χ4n) is 3.63. The van der Waals surface area contributed by atoms with Gasteiger partial charge in [0.15, 0.2) is 15.6 Å². The summed E-state index contributed by atoms with van der Waals surface area (Å²) in [5.41, 5.74) is 2.13. The third kappa shape index (κ3) is 4.89. The summed E-state index contributed by atoms with van der Waals surface area (Å²) in [6.07, 6.45) is 0.203. The molecule has 1 aromatic heterocycles. The van der Waals surface area contributed by atoms with Crippen LogP contribution in [-0.2, 0) is 26.7 Å². The molecule has 1 aliphatic rings. The van der Waals surface area contributed by atoms with Crippen molar-refractivity contribution in [2.24, 2.45) is 0 Å². The van der Waals surface area contributed by atoms with Gasteiger partial charge in [-0.2, -0.15) is 0 Å². The highest BCUT2D eigenvalue weighted by Gasteiger charge is 2.32. The Hall–Kier alpha value is -3.30. The van der Waals surface area contributed by atoms with E-state index in [0.717, 1.165) is 11.3 Å². The lowest BCUT2D eigenvalue weighted by atomic mass is 10.0. The molecule has 0 saturated carbocycles. The summed E-state index contributed by atoms with van der Waals surface area (Å²) >= 11 is 1.08. The number of amides is 1. The minimum atomic E-state index is -3.24. The van der Waals surface area contributed by atoms with Crippen molar-refractivity contribution in [2.45, 2.75) is 19.1 Å². The number of rotatable bonds is 6. The fraction of sp³-hybridized carbons (Fsp3) is 0.208. The Labute approximate surface area is 195 Å². The van der Waals surface area contributed by atoms with Gasteiger partial charge in [-0.25, -0.2) is 13.2 Å². The number of ketones is 1. The van der Waals surface area contributed by atoms with Crippen molar-refractivity contribution >= 4 is 43.8 Å². The molecule has 1 N–H and O–H groups in total. The number of nitrogens with one attached hydrogen (secondary N) is 1. The highest BCUT2D eigenvalue weighted by atomic mass is 32.2.